The van der Waals surface area contributed by atoms with E-state index in [9.17, 15) is 14.0 Å². The van der Waals surface area contributed by atoms with E-state index in [1.165, 1.54) is 32.4 Å². The summed E-state index contributed by atoms with van der Waals surface area (Å²) in [7, 11) is 3.04. The molecule has 0 saturated carbocycles. The van der Waals surface area contributed by atoms with Crippen molar-refractivity contribution < 1.29 is 28.2 Å². The molecule has 0 spiro atoms. The Morgan fingerprint density at radius 1 is 1.08 bits per heavy atom. The van der Waals surface area contributed by atoms with E-state index in [1.807, 2.05) is 0 Å². The minimum absolute atomic E-state index is 0.102. The first-order valence-corrected chi connectivity index (χ1v) is 7.90. The van der Waals surface area contributed by atoms with Crippen LogP contribution in [0.3, 0.4) is 0 Å². The number of methoxy groups -OCH3 is 2. The molecule has 0 bridgehead atoms. The van der Waals surface area contributed by atoms with Crippen LogP contribution in [0.4, 0.5) is 4.39 Å². The molecule has 0 unspecified atom stereocenters. The van der Waals surface area contributed by atoms with Crippen molar-refractivity contribution in [3.63, 3.8) is 0 Å². The summed E-state index contributed by atoms with van der Waals surface area (Å²) in [6, 6.07) is 11.0. The molecule has 0 aromatic heterocycles. The second-order valence-corrected chi connectivity index (χ2v) is 5.40. The minimum Gasteiger partial charge on any atom is -0.493 e. The van der Waals surface area contributed by atoms with Gasteiger partial charge in [0.1, 0.15) is 5.82 Å². The van der Waals surface area contributed by atoms with Crippen molar-refractivity contribution in [3.8, 4) is 11.5 Å². The summed E-state index contributed by atoms with van der Waals surface area (Å²) in [5.41, 5.74) is 1.21. The van der Waals surface area contributed by atoms with Gasteiger partial charge in [0.15, 0.2) is 18.1 Å². The van der Waals surface area contributed by atoms with Crippen LogP contribution >= 0.6 is 0 Å². The molecule has 0 fully saturated rings. The number of hydrogen-bond donors (Lipinski definition) is 1. The predicted octanol–water partition coefficient (Wildman–Crippen LogP) is 2.25. The van der Waals surface area contributed by atoms with Crippen LogP contribution in [0.2, 0.25) is 0 Å². The molecule has 0 saturated heterocycles. The minimum atomic E-state index is -0.607. The normalized spacial score (nSPS) is 10.1. The Bertz CT molecular complexity index is 778. The zero-order valence-corrected chi connectivity index (χ0v) is 14.6. The zero-order valence-electron chi connectivity index (χ0n) is 14.6. The van der Waals surface area contributed by atoms with Crippen LogP contribution in [0.1, 0.15) is 11.1 Å². The fourth-order valence-electron chi connectivity index (χ4n) is 2.35. The molecule has 0 radical (unpaired) electrons. The first-order valence-electron chi connectivity index (χ1n) is 7.90. The maximum absolute atomic E-state index is 13.1. The van der Waals surface area contributed by atoms with Gasteiger partial charge in [-0.1, -0.05) is 24.3 Å². The monoisotopic (exact) mass is 361 g/mol. The summed E-state index contributed by atoms with van der Waals surface area (Å²) in [5, 5.41) is 2.64. The van der Waals surface area contributed by atoms with Crippen molar-refractivity contribution in [2.75, 3.05) is 20.8 Å². The van der Waals surface area contributed by atoms with E-state index in [2.05, 4.69) is 5.32 Å². The highest BCUT2D eigenvalue weighted by atomic mass is 19.1. The number of amides is 1. The summed E-state index contributed by atoms with van der Waals surface area (Å²) in [4.78, 5) is 23.6. The molecule has 0 heterocycles. The lowest BCUT2D eigenvalue weighted by Gasteiger charge is -2.13. The first-order chi connectivity index (χ1) is 12.5. The molecular formula is C19H20FNO5. The fourth-order valence-corrected chi connectivity index (χ4v) is 2.35. The largest absolute Gasteiger partial charge is 0.493 e. The van der Waals surface area contributed by atoms with E-state index < -0.39 is 24.3 Å². The molecule has 1 N–H and O–H groups in total. The molecule has 6 nitrogen and oxygen atoms in total. The van der Waals surface area contributed by atoms with Gasteiger partial charge in [0.05, 0.1) is 20.6 Å². The Balaban J connectivity index is 1.81. The van der Waals surface area contributed by atoms with Crippen molar-refractivity contribution in [3.05, 3.63) is 59.4 Å². The van der Waals surface area contributed by atoms with Gasteiger partial charge in [-0.2, -0.15) is 0 Å². The van der Waals surface area contributed by atoms with E-state index >= 15 is 0 Å². The maximum Gasteiger partial charge on any atom is 0.310 e. The van der Waals surface area contributed by atoms with Gasteiger partial charge in [-0.25, -0.2) is 4.39 Å². The van der Waals surface area contributed by atoms with E-state index in [0.717, 1.165) is 5.56 Å². The highest BCUT2D eigenvalue weighted by molar-refractivity contribution is 5.81. The van der Waals surface area contributed by atoms with Crippen LogP contribution in [0.15, 0.2) is 42.5 Å². The molecule has 0 aliphatic heterocycles. The molecule has 0 atom stereocenters. The van der Waals surface area contributed by atoms with Gasteiger partial charge in [-0.15, -0.1) is 0 Å². The third-order valence-electron chi connectivity index (χ3n) is 3.56. The average Bonchev–Trinajstić information content (AvgIpc) is 2.64. The number of para-hydroxylation sites is 1. The second-order valence-electron chi connectivity index (χ2n) is 5.40. The highest BCUT2D eigenvalue weighted by Gasteiger charge is 2.12. The lowest BCUT2D eigenvalue weighted by molar-refractivity contribution is -0.147. The number of carbonyl (C=O) groups is 2. The molecule has 2 aromatic carbocycles. The molecule has 2 aromatic rings. The van der Waals surface area contributed by atoms with Crippen molar-refractivity contribution in [1.82, 2.24) is 5.32 Å². The van der Waals surface area contributed by atoms with E-state index in [1.54, 1.807) is 24.3 Å². The molecule has 7 heteroatoms. The smallest absolute Gasteiger partial charge is 0.310 e. The SMILES string of the molecule is COc1cccc(CNC(=O)COC(=O)Cc2cccc(F)c2)c1OC. The predicted molar refractivity (Wildman–Crippen MR) is 92.5 cm³/mol. The van der Waals surface area contributed by atoms with Crippen LogP contribution in [0.25, 0.3) is 0 Å². The van der Waals surface area contributed by atoms with Gasteiger partial charge in [0.2, 0.25) is 0 Å². The number of nitrogens with one attached hydrogen (secondary N) is 1. The number of esters is 1. The molecule has 0 aliphatic rings. The molecule has 1 amide bonds. The Kier molecular flexibility index (Phi) is 6.96. The number of benzene rings is 2. The summed E-state index contributed by atoms with van der Waals surface area (Å²) < 4.78 is 28.5. The summed E-state index contributed by atoms with van der Waals surface area (Å²) in [6.07, 6.45) is -0.102. The number of carbonyl (C=O) groups excluding carboxylic acids is 2. The second kappa shape index (κ2) is 9.41. The van der Waals surface area contributed by atoms with E-state index in [0.29, 0.717) is 17.1 Å². The quantitative estimate of drug-likeness (QED) is 0.730. The number of ether oxygens (including phenoxy) is 3. The zero-order chi connectivity index (χ0) is 18.9. The van der Waals surface area contributed by atoms with Gasteiger partial charge in [0, 0.05) is 12.1 Å². The molecular weight excluding hydrogens is 341 g/mol. The molecule has 0 aliphatic carbocycles. The van der Waals surface area contributed by atoms with Crippen molar-refractivity contribution in [1.29, 1.82) is 0 Å². The van der Waals surface area contributed by atoms with Crippen LogP contribution in [-0.4, -0.2) is 32.7 Å². The van der Waals surface area contributed by atoms with Gasteiger partial charge < -0.3 is 19.5 Å². The van der Waals surface area contributed by atoms with E-state index in [-0.39, 0.29) is 13.0 Å². The topological polar surface area (TPSA) is 73.9 Å². The molecule has 138 valence electrons. The summed E-state index contributed by atoms with van der Waals surface area (Å²) in [6.45, 7) is -0.221. The van der Waals surface area contributed by atoms with E-state index in [4.69, 9.17) is 14.2 Å². The maximum atomic E-state index is 13.1. The Hall–Kier alpha value is -3.09. The van der Waals surface area contributed by atoms with Gasteiger partial charge in [0.25, 0.3) is 5.91 Å². The molecule has 2 rings (SSSR count). The Labute approximate surface area is 150 Å². The summed E-state index contributed by atoms with van der Waals surface area (Å²) in [5.74, 6) is -0.411. The third kappa shape index (κ3) is 5.47. The van der Waals surface area contributed by atoms with Crippen LogP contribution in [-0.2, 0) is 27.3 Å². The first kappa shape index (κ1) is 19.2. The third-order valence-corrected chi connectivity index (χ3v) is 3.56. The number of hydrogen-bond acceptors (Lipinski definition) is 5. The van der Waals surface area contributed by atoms with Crippen LogP contribution in [0, 0.1) is 5.82 Å². The standard InChI is InChI=1S/C19H20FNO5/c1-24-16-8-4-6-14(19(16)25-2)11-21-17(22)12-26-18(23)10-13-5-3-7-15(20)9-13/h3-9H,10-12H2,1-2H3,(H,21,22). The van der Waals surface area contributed by atoms with Crippen molar-refractivity contribution in [2.45, 2.75) is 13.0 Å². The van der Waals surface area contributed by atoms with Gasteiger partial charge in [-0.3, -0.25) is 9.59 Å². The Morgan fingerprint density at radius 3 is 2.54 bits per heavy atom. The summed E-state index contributed by atoms with van der Waals surface area (Å²) >= 11 is 0. The highest BCUT2D eigenvalue weighted by Crippen LogP contribution is 2.30. The lowest BCUT2D eigenvalue weighted by atomic mass is 10.1. The van der Waals surface area contributed by atoms with Crippen molar-refractivity contribution >= 4 is 11.9 Å². The fraction of sp³-hybridized carbons (Fsp3) is 0.263. The average molecular weight is 361 g/mol. The Morgan fingerprint density at radius 2 is 1.85 bits per heavy atom. The number of halogens is 1. The van der Waals surface area contributed by atoms with Crippen LogP contribution in [0.5, 0.6) is 11.5 Å². The van der Waals surface area contributed by atoms with Crippen molar-refractivity contribution in [2.24, 2.45) is 0 Å². The van der Waals surface area contributed by atoms with Gasteiger partial charge >= 0.3 is 5.97 Å². The van der Waals surface area contributed by atoms with Crippen LogP contribution < -0.4 is 14.8 Å². The lowest BCUT2D eigenvalue weighted by Crippen LogP contribution is -2.28. The number of rotatable bonds is 8. The van der Waals surface area contributed by atoms with Gasteiger partial charge in [-0.05, 0) is 23.8 Å². The molecule has 26 heavy (non-hydrogen) atoms.